The van der Waals surface area contributed by atoms with Crippen molar-refractivity contribution < 1.29 is 9.59 Å². The van der Waals surface area contributed by atoms with Crippen molar-refractivity contribution in [2.75, 3.05) is 11.9 Å². The molecule has 1 aliphatic carbocycles. The second kappa shape index (κ2) is 8.69. The molecule has 4 heteroatoms. The molecule has 4 nitrogen and oxygen atoms in total. The fourth-order valence-electron chi connectivity index (χ4n) is 2.89. The van der Waals surface area contributed by atoms with Gasteiger partial charge in [0.2, 0.25) is 5.91 Å². The highest BCUT2D eigenvalue weighted by Crippen LogP contribution is 2.17. The summed E-state index contributed by atoms with van der Waals surface area (Å²) >= 11 is 0. The molecule has 120 valence electrons. The molecule has 0 saturated heterocycles. The molecule has 0 aliphatic heterocycles. The molecule has 2 N–H and O–H groups in total. The minimum absolute atomic E-state index is 0.0300. The molecule has 0 aromatic heterocycles. The normalized spacial score (nSPS) is 16.6. The number of hydrogen-bond acceptors (Lipinski definition) is 3. The molecule has 1 amide bonds. The summed E-state index contributed by atoms with van der Waals surface area (Å²) in [6.07, 6.45) is 8.82. The maximum Gasteiger partial charge on any atom is 0.238 e. The van der Waals surface area contributed by atoms with E-state index in [0.29, 0.717) is 18.2 Å². The summed E-state index contributed by atoms with van der Waals surface area (Å²) in [7, 11) is 0. The third kappa shape index (κ3) is 5.60. The van der Waals surface area contributed by atoms with Crippen molar-refractivity contribution >= 4 is 17.4 Å². The molecule has 1 aliphatic rings. The average Bonchev–Trinajstić information content (AvgIpc) is 2.46. The van der Waals surface area contributed by atoms with Crippen molar-refractivity contribution in [3.8, 4) is 0 Å². The van der Waals surface area contributed by atoms with Crippen LogP contribution in [0.5, 0.6) is 0 Å². The second-order valence-corrected chi connectivity index (χ2v) is 6.10. The Labute approximate surface area is 132 Å². The maximum absolute atomic E-state index is 12.0. The average molecular weight is 302 g/mol. The topological polar surface area (TPSA) is 58.2 Å². The lowest BCUT2D eigenvalue weighted by Crippen LogP contribution is -2.36. The molecule has 1 saturated carbocycles. The summed E-state index contributed by atoms with van der Waals surface area (Å²) in [5.41, 5.74) is 1.39. The lowest BCUT2D eigenvalue weighted by atomic mass is 9.97. The second-order valence-electron chi connectivity index (χ2n) is 6.10. The number of carbonyl (C=O) groups excluding carboxylic acids is 2. The number of anilines is 1. The van der Waals surface area contributed by atoms with Gasteiger partial charge < -0.3 is 10.6 Å². The Morgan fingerprint density at radius 1 is 1.00 bits per heavy atom. The van der Waals surface area contributed by atoms with E-state index in [1.807, 2.05) is 0 Å². The van der Waals surface area contributed by atoms with Crippen LogP contribution in [0.2, 0.25) is 0 Å². The lowest BCUT2D eigenvalue weighted by Gasteiger charge is -2.20. The van der Waals surface area contributed by atoms with Gasteiger partial charge in [-0.25, -0.2) is 0 Å². The molecule has 22 heavy (non-hydrogen) atoms. The minimum Gasteiger partial charge on any atom is -0.325 e. The van der Waals surface area contributed by atoms with Crippen molar-refractivity contribution in [3.05, 3.63) is 29.8 Å². The standard InChI is InChI=1S/C18H26N2O2/c1-14(21)15-9-11-17(12-10-15)20-18(22)13-19-16-7-5-3-2-4-6-8-16/h9-12,16,19H,2-8,13H2,1H3,(H,20,22). The van der Waals surface area contributed by atoms with E-state index in [1.54, 1.807) is 24.3 Å². The molecule has 1 aromatic carbocycles. The van der Waals surface area contributed by atoms with Crippen molar-refractivity contribution in [2.24, 2.45) is 0 Å². The molecule has 2 rings (SSSR count). The predicted octanol–water partition coefficient (Wildman–Crippen LogP) is 3.53. The molecule has 0 heterocycles. The van der Waals surface area contributed by atoms with E-state index in [0.717, 1.165) is 5.69 Å². The molecular weight excluding hydrogens is 276 g/mol. The monoisotopic (exact) mass is 302 g/mol. The summed E-state index contributed by atoms with van der Waals surface area (Å²) in [6, 6.07) is 7.47. The quantitative estimate of drug-likeness (QED) is 0.818. The molecule has 0 unspecified atom stereocenters. The van der Waals surface area contributed by atoms with Crippen LogP contribution in [0.1, 0.15) is 62.2 Å². The zero-order valence-electron chi connectivity index (χ0n) is 13.4. The van der Waals surface area contributed by atoms with Crippen molar-refractivity contribution in [3.63, 3.8) is 0 Å². The first-order valence-electron chi connectivity index (χ1n) is 8.29. The number of amides is 1. The Hall–Kier alpha value is -1.68. The Morgan fingerprint density at radius 2 is 1.59 bits per heavy atom. The number of carbonyl (C=O) groups is 2. The van der Waals surface area contributed by atoms with Gasteiger partial charge in [0.05, 0.1) is 6.54 Å². The number of nitrogens with one attached hydrogen (secondary N) is 2. The van der Waals surface area contributed by atoms with Gasteiger partial charge >= 0.3 is 0 Å². The van der Waals surface area contributed by atoms with Crippen LogP contribution < -0.4 is 10.6 Å². The van der Waals surface area contributed by atoms with E-state index < -0.39 is 0 Å². The molecule has 0 spiro atoms. The lowest BCUT2D eigenvalue weighted by molar-refractivity contribution is -0.115. The largest absolute Gasteiger partial charge is 0.325 e. The number of hydrogen-bond donors (Lipinski definition) is 2. The van der Waals surface area contributed by atoms with Gasteiger partial charge in [-0.3, -0.25) is 9.59 Å². The van der Waals surface area contributed by atoms with E-state index in [1.165, 1.54) is 51.9 Å². The predicted molar refractivity (Wildman–Crippen MR) is 89.2 cm³/mol. The maximum atomic E-state index is 12.0. The van der Waals surface area contributed by atoms with Gasteiger partial charge in [-0.15, -0.1) is 0 Å². The van der Waals surface area contributed by atoms with Crippen LogP contribution in [0.4, 0.5) is 5.69 Å². The Kier molecular flexibility index (Phi) is 6.59. The smallest absolute Gasteiger partial charge is 0.238 e. The van der Waals surface area contributed by atoms with Crippen molar-refractivity contribution in [1.82, 2.24) is 5.32 Å². The van der Waals surface area contributed by atoms with Crippen LogP contribution in [-0.4, -0.2) is 24.3 Å². The Bertz CT molecular complexity index is 488. The van der Waals surface area contributed by atoms with E-state index >= 15 is 0 Å². The van der Waals surface area contributed by atoms with Crippen molar-refractivity contribution in [2.45, 2.75) is 57.9 Å². The molecule has 0 bridgehead atoms. The Morgan fingerprint density at radius 3 is 2.18 bits per heavy atom. The van der Waals surface area contributed by atoms with Crippen LogP contribution in [0.15, 0.2) is 24.3 Å². The van der Waals surface area contributed by atoms with Crippen LogP contribution in [0.3, 0.4) is 0 Å². The zero-order valence-corrected chi connectivity index (χ0v) is 13.4. The molecule has 1 fully saturated rings. The van der Waals surface area contributed by atoms with Gasteiger partial charge in [0.1, 0.15) is 0 Å². The van der Waals surface area contributed by atoms with E-state index in [2.05, 4.69) is 10.6 Å². The minimum atomic E-state index is -0.0300. The highest BCUT2D eigenvalue weighted by Gasteiger charge is 2.12. The fourth-order valence-corrected chi connectivity index (χ4v) is 2.89. The van der Waals surface area contributed by atoms with Crippen LogP contribution in [-0.2, 0) is 4.79 Å². The number of Topliss-reactive ketones (excluding diaryl/α,β-unsaturated/α-hetero) is 1. The van der Waals surface area contributed by atoms with Gasteiger partial charge in [0.25, 0.3) is 0 Å². The van der Waals surface area contributed by atoms with Crippen LogP contribution in [0.25, 0.3) is 0 Å². The number of benzene rings is 1. The SMILES string of the molecule is CC(=O)c1ccc(NC(=O)CNC2CCCCCCC2)cc1. The van der Waals surface area contributed by atoms with Crippen molar-refractivity contribution in [1.29, 1.82) is 0 Å². The molecular formula is C18H26N2O2. The summed E-state index contributed by atoms with van der Waals surface area (Å²) in [5.74, 6) is 0.00135. The zero-order chi connectivity index (χ0) is 15.8. The molecule has 0 radical (unpaired) electrons. The number of ketones is 1. The number of rotatable bonds is 5. The van der Waals surface area contributed by atoms with Gasteiger partial charge in [0, 0.05) is 17.3 Å². The van der Waals surface area contributed by atoms with Gasteiger partial charge in [0.15, 0.2) is 5.78 Å². The fraction of sp³-hybridized carbons (Fsp3) is 0.556. The van der Waals surface area contributed by atoms with Gasteiger partial charge in [-0.05, 0) is 44.0 Å². The third-order valence-corrected chi connectivity index (χ3v) is 4.23. The van der Waals surface area contributed by atoms with Crippen LogP contribution >= 0.6 is 0 Å². The third-order valence-electron chi connectivity index (χ3n) is 4.23. The first-order chi connectivity index (χ1) is 10.6. The molecule has 0 atom stereocenters. The first kappa shape index (κ1) is 16.7. The summed E-state index contributed by atoms with van der Waals surface area (Å²) in [6.45, 7) is 1.88. The van der Waals surface area contributed by atoms with Gasteiger partial charge in [-0.1, -0.05) is 32.1 Å². The summed E-state index contributed by atoms with van der Waals surface area (Å²) in [5, 5.41) is 6.24. The Balaban J connectivity index is 1.75. The highest BCUT2D eigenvalue weighted by molar-refractivity contribution is 5.96. The van der Waals surface area contributed by atoms with E-state index in [9.17, 15) is 9.59 Å². The van der Waals surface area contributed by atoms with E-state index in [-0.39, 0.29) is 11.7 Å². The summed E-state index contributed by atoms with van der Waals surface area (Å²) in [4.78, 5) is 23.2. The van der Waals surface area contributed by atoms with Gasteiger partial charge in [-0.2, -0.15) is 0 Å². The van der Waals surface area contributed by atoms with E-state index in [4.69, 9.17) is 0 Å². The van der Waals surface area contributed by atoms with Crippen LogP contribution in [0, 0.1) is 0 Å². The summed E-state index contributed by atoms with van der Waals surface area (Å²) < 4.78 is 0. The molecule has 1 aromatic rings. The first-order valence-corrected chi connectivity index (χ1v) is 8.29. The highest BCUT2D eigenvalue weighted by atomic mass is 16.2.